The first kappa shape index (κ1) is 24.2. The third-order valence-corrected chi connectivity index (χ3v) is 5.18. The van der Waals surface area contributed by atoms with Gasteiger partial charge in [0.2, 0.25) is 5.91 Å². The molecule has 0 radical (unpaired) electrons. The van der Waals surface area contributed by atoms with E-state index in [4.69, 9.17) is 9.47 Å². The molecule has 2 amide bonds. The van der Waals surface area contributed by atoms with Crippen LogP contribution in [0.4, 0.5) is 4.79 Å². The molecule has 1 heterocycles. The first-order valence-corrected chi connectivity index (χ1v) is 10.3. The normalized spacial score (nSPS) is 17.0. The fourth-order valence-electron chi connectivity index (χ4n) is 3.59. The number of carbonyl (C=O) groups excluding carboxylic acids is 3. The van der Waals surface area contributed by atoms with E-state index in [-0.39, 0.29) is 23.8 Å². The summed E-state index contributed by atoms with van der Waals surface area (Å²) in [5.74, 6) is 0.110. The molecule has 0 aromatic heterocycles. The third kappa shape index (κ3) is 7.32. The quantitative estimate of drug-likeness (QED) is 0.664. The highest BCUT2D eigenvalue weighted by Crippen LogP contribution is 2.30. The first-order valence-electron chi connectivity index (χ1n) is 10.3. The fourth-order valence-corrected chi connectivity index (χ4v) is 3.59. The number of hydrogen-bond acceptors (Lipinski definition) is 5. The predicted octanol–water partition coefficient (Wildman–Crippen LogP) is 3.51. The van der Waals surface area contributed by atoms with Crippen molar-refractivity contribution in [2.75, 3.05) is 19.7 Å². The second kappa shape index (κ2) is 10.1. The third-order valence-electron chi connectivity index (χ3n) is 5.18. The number of hydrogen-bond donors (Lipinski definition) is 1. The van der Waals surface area contributed by atoms with E-state index >= 15 is 0 Å². The zero-order chi connectivity index (χ0) is 21.5. The Bertz CT molecular complexity index is 545. The SMILES string of the molecule is CCOC(=O)CC1CCN(C(=O)C(C)(C)[C@@H](CC)NC(=O)OC(C)(C)C)CC1. The van der Waals surface area contributed by atoms with Crippen molar-refractivity contribution in [2.24, 2.45) is 11.3 Å². The van der Waals surface area contributed by atoms with Crippen LogP contribution in [0.15, 0.2) is 0 Å². The van der Waals surface area contributed by atoms with Gasteiger partial charge >= 0.3 is 12.1 Å². The minimum absolute atomic E-state index is 0.0185. The van der Waals surface area contributed by atoms with Crippen molar-refractivity contribution in [1.82, 2.24) is 10.2 Å². The molecule has 0 aromatic rings. The van der Waals surface area contributed by atoms with E-state index < -0.39 is 17.1 Å². The highest BCUT2D eigenvalue weighted by Gasteiger charge is 2.41. The average Bonchev–Trinajstić information content (AvgIpc) is 2.58. The van der Waals surface area contributed by atoms with E-state index in [0.29, 0.717) is 32.5 Å². The minimum Gasteiger partial charge on any atom is -0.466 e. The number of piperidine rings is 1. The maximum absolute atomic E-state index is 13.2. The summed E-state index contributed by atoms with van der Waals surface area (Å²) in [5, 5.41) is 2.86. The number of nitrogens with zero attached hydrogens (tertiary/aromatic N) is 1. The van der Waals surface area contributed by atoms with Gasteiger partial charge in [0.05, 0.1) is 12.0 Å². The summed E-state index contributed by atoms with van der Waals surface area (Å²) < 4.78 is 10.4. The van der Waals surface area contributed by atoms with Crippen molar-refractivity contribution in [3.63, 3.8) is 0 Å². The summed E-state index contributed by atoms with van der Waals surface area (Å²) in [7, 11) is 0. The molecule has 1 fully saturated rings. The molecule has 1 aliphatic heterocycles. The number of amides is 2. The Morgan fingerprint density at radius 1 is 1.07 bits per heavy atom. The van der Waals surface area contributed by atoms with Crippen LogP contribution < -0.4 is 5.32 Å². The van der Waals surface area contributed by atoms with Gasteiger partial charge in [-0.1, -0.05) is 6.92 Å². The molecule has 7 nitrogen and oxygen atoms in total. The summed E-state index contributed by atoms with van der Waals surface area (Å²) in [6.45, 7) is 14.5. The van der Waals surface area contributed by atoms with Gasteiger partial charge in [0.15, 0.2) is 0 Å². The van der Waals surface area contributed by atoms with E-state index in [9.17, 15) is 14.4 Å². The van der Waals surface area contributed by atoms with Crippen LogP contribution in [0.25, 0.3) is 0 Å². The Hall–Kier alpha value is -1.79. The standard InChI is InChI=1S/C21H38N2O5/c1-8-16(22-19(26)28-20(3,4)5)21(6,7)18(25)23-12-10-15(11-13-23)14-17(24)27-9-2/h15-16H,8-14H2,1-7H3,(H,22,26)/t16-/m1/s1. The monoisotopic (exact) mass is 398 g/mol. The van der Waals surface area contributed by atoms with E-state index in [0.717, 1.165) is 12.8 Å². The van der Waals surface area contributed by atoms with Crippen LogP contribution in [0, 0.1) is 11.3 Å². The lowest BCUT2D eigenvalue weighted by Gasteiger charge is -2.40. The number of ether oxygens (including phenoxy) is 2. The molecule has 1 atom stereocenters. The number of alkyl carbamates (subject to hydrolysis) is 1. The molecule has 1 saturated heterocycles. The van der Waals surface area contributed by atoms with Crippen molar-refractivity contribution in [3.05, 3.63) is 0 Å². The molecule has 28 heavy (non-hydrogen) atoms. The molecule has 0 bridgehead atoms. The van der Waals surface area contributed by atoms with Crippen molar-refractivity contribution in [2.45, 2.75) is 85.8 Å². The van der Waals surface area contributed by atoms with Gasteiger partial charge in [-0.05, 0) is 66.7 Å². The largest absolute Gasteiger partial charge is 0.466 e. The number of esters is 1. The van der Waals surface area contributed by atoms with Crippen LogP contribution in [0.2, 0.25) is 0 Å². The molecule has 0 spiro atoms. The van der Waals surface area contributed by atoms with Gasteiger partial charge in [0.1, 0.15) is 5.60 Å². The molecule has 0 aliphatic carbocycles. The van der Waals surface area contributed by atoms with E-state index in [1.54, 1.807) is 6.92 Å². The van der Waals surface area contributed by atoms with Gasteiger partial charge in [-0.25, -0.2) is 4.79 Å². The molecule has 0 saturated carbocycles. The van der Waals surface area contributed by atoms with E-state index in [1.165, 1.54) is 0 Å². The Balaban J connectivity index is 2.65. The second-order valence-corrected chi connectivity index (χ2v) is 9.07. The molecule has 0 aromatic carbocycles. The Labute approximate surface area is 169 Å². The lowest BCUT2D eigenvalue weighted by molar-refractivity contribution is -0.145. The Kier molecular flexibility index (Phi) is 8.76. The topological polar surface area (TPSA) is 84.9 Å². The number of likely N-dealkylation sites (tertiary alicyclic amines) is 1. The van der Waals surface area contributed by atoms with Crippen molar-refractivity contribution >= 4 is 18.0 Å². The van der Waals surface area contributed by atoms with Crippen LogP contribution in [-0.4, -0.2) is 54.2 Å². The molecular formula is C21H38N2O5. The molecule has 1 rings (SSSR count). The van der Waals surface area contributed by atoms with Gasteiger partial charge < -0.3 is 19.7 Å². The van der Waals surface area contributed by atoms with Gasteiger partial charge in [0, 0.05) is 25.6 Å². The molecule has 1 aliphatic rings. The zero-order valence-electron chi connectivity index (χ0n) is 18.6. The highest BCUT2D eigenvalue weighted by molar-refractivity contribution is 5.83. The van der Waals surface area contributed by atoms with Crippen LogP contribution in [0.3, 0.4) is 0 Å². The zero-order valence-corrected chi connectivity index (χ0v) is 18.6. The van der Waals surface area contributed by atoms with Gasteiger partial charge in [0.25, 0.3) is 0 Å². The second-order valence-electron chi connectivity index (χ2n) is 9.07. The lowest BCUT2D eigenvalue weighted by Crippen LogP contribution is -2.55. The Morgan fingerprint density at radius 3 is 2.11 bits per heavy atom. The number of carbonyl (C=O) groups is 3. The smallest absolute Gasteiger partial charge is 0.407 e. The first-order chi connectivity index (χ1) is 12.9. The summed E-state index contributed by atoms with van der Waals surface area (Å²) in [6, 6.07) is -0.327. The molecule has 0 unspecified atom stereocenters. The van der Waals surface area contributed by atoms with E-state index in [1.807, 2.05) is 46.4 Å². The maximum atomic E-state index is 13.2. The summed E-state index contributed by atoms with van der Waals surface area (Å²) in [4.78, 5) is 38.8. The van der Waals surface area contributed by atoms with Crippen molar-refractivity contribution in [3.8, 4) is 0 Å². The number of rotatable bonds is 7. The van der Waals surface area contributed by atoms with Crippen LogP contribution >= 0.6 is 0 Å². The average molecular weight is 399 g/mol. The fraction of sp³-hybridized carbons (Fsp3) is 0.857. The maximum Gasteiger partial charge on any atom is 0.407 e. The molecule has 1 N–H and O–H groups in total. The van der Waals surface area contributed by atoms with Crippen molar-refractivity contribution in [1.29, 1.82) is 0 Å². The van der Waals surface area contributed by atoms with Gasteiger partial charge in [-0.3, -0.25) is 9.59 Å². The summed E-state index contributed by atoms with van der Waals surface area (Å²) in [5.41, 5.74) is -1.34. The number of nitrogens with one attached hydrogen (secondary N) is 1. The van der Waals surface area contributed by atoms with Gasteiger partial charge in [-0.15, -0.1) is 0 Å². The van der Waals surface area contributed by atoms with Crippen molar-refractivity contribution < 1.29 is 23.9 Å². The molecular weight excluding hydrogens is 360 g/mol. The minimum atomic E-state index is -0.750. The summed E-state index contributed by atoms with van der Waals surface area (Å²) >= 11 is 0. The predicted molar refractivity (Wildman–Crippen MR) is 108 cm³/mol. The van der Waals surface area contributed by atoms with Crippen LogP contribution in [0.5, 0.6) is 0 Å². The van der Waals surface area contributed by atoms with Crippen LogP contribution in [-0.2, 0) is 19.1 Å². The summed E-state index contributed by atoms with van der Waals surface area (Å²) in [6.07, 6.45) is 2.11. The molecule has 162 valence electrons. The molecule has 7 heteroatoms. The van der Waals surface area contributed by atoms with E-state index in [2.05, 4.69) is 5.32 Å². The highest BCUT2D eigenvalue weighted by atomic mass is 16.6. The van der Waals surface area contributed by atoms with Gasteiger partial charge in [-0.2, -0.15) is 0 Å². The lowest BCUT2D eigenvalue weighted by atomic mass is 9.80. The van der Waals surface area contributed by atoms with Crippen LogP contribution in [0.1, 0.15) is 74.1 Å². The Morgan fingerprint density at radius 2 is 1.64 bits per heavy atom.